The average molecular weight is 814 g/mol. The molecule has 13 aromatic rings. The molecule has 0 atom stereocenters. The number of nitrogens with zero attached hydrogens (tertiary/aromatic N) is 1. The van der Waals surface area contributed by atoms with E-state index in [1.54, 1.807) is 0 Å². The molecule has 12 aromatic carbocycles. The second kappa shape index (κ2) is 14.6. The molecule has 2 heteroatoms. The molecule has 0 aliphatic carbocycles. The summed E-state index contributed by atoms with van der Waals surface area (Å²) in [6.07, 6.45) is 0. The minimum absolute atomic E-state index is 0.866. The molecule has 0 saturated heterocycles. The van der Waals surface area contributed by atoms with E-state index in [9.17, 15) is 0 Å². The molecule has 0 bridgehead atoms. The van der Waals surface area contributed by atoms with E-state index in [0.717, 1.165) is 50.0 Å². The molecule has 1 heterocycles. The first kappa shape index (κ1) is 36.2. The number of furan rings is 1. The van der Waals surface area contributed by atoms with Gasteiger partial charge in [0.2, 0.25) is 0 Å². The van der Waals surface area contributed by atoms with Crippen LogP contribution in [0.5, 0.6) is 0 Å². The third-order valence-corrected chi connectivity index (χ3v) is 13.2. The second-order valence-corrected chi connectivity index (χ2v) is 16.8. The first-order valence-electron chi connectivity index (χ1n) is 22.0. The van der Waals surface area contributed by atoms with Crippen molar-refractivity contribution in [3.05, 3.63) is 237 Å². The lowest BCUT2D eigenvalue weighted by atomic mass is 9.84. The van der Waals surface area contributed by atoms with Gasteiger partial charge in [-0.3, -0.25) is 0 Å². The van der Waals surface area contributed by atoms with Gasteiger partial charge in [-0.25, -0.2) is 0 Å². The van der Waals surface area contributed by atoms with Gasteiger partial charge < -0.3 is 9.32 Å². The Bertz CT molecular complexity index is 3940. The summed E-state index contributed by atoms with van der Waals surface area (Å²) in [4.78, 5) is 2.36. The van der Waals surface area contributed by atoms with Crippen LogP contribution in [0, 0.1) is 0 Å². The van der Waals surface area contributed by atoms with Crippen molar-refractivity contribution in [2.45, 2.75) is 0 Å². The van der Waals surface area contributed by atoms with Gasteiger partial charge in [-0.15, -0.1) is 0 Å². The summed E-state index contributed by atoms with van der Waals surface area (Å²) in [6.45, 7) is 0. The summed E-state index contributed by atoms with van der Waals surface area (Å²) in [5.74, 6) is 0. The maximum atomic E-state index is 6.74. The Morgan fingerprint density at radius 1 is 0.250 bits per heavy atom. The molecule has 0 aliphatic heterocycles. The van der Waals surface area contributed by atoms with Crippen LogP contribution >= 0.6 is 0 Å². The van der Waals surface area contributed by atoms with Crippen molar-refractivity contribution < 1.29 is 4.42 Å². The minimum Gasteiger partial charge on any atom is -0.455 e. The molecule has 298 valence electrons. The zero-order chi connectivity index (χ0) is 42.1. The van der Waals surface area contributed by atoms with Gasteiger partial charge >= 0.3 is 0 Å². The summed E-state index contributed by atoms with van der Waals surface area (Å²) >= 11 is 0. The predicted octanol–water partition coefficient (Wildman–Crippen LogP) is 17.8. The number of fused-ring (bicyclic) bond motifs is 11. The molecule has 0 N–H and O–H groups in total. The molecule has 0 fully saturated rings. The van der Waals surface area contributed by atoms with Crippen LogP contribution in [0.25, 0.3) is 109 Å². The molecule has 2 nitrogen and oxygen atoms in total. The van der Waals surface area contributed by atoms with Crippen LogP contribution in [0.3, 0.4) is 0 Å². The van der Waals surface area contributed by atoms with Crippen LogP contribution in [-0.2, 0) is 0 Å². The van der Waals surface area contributed by atoms with Gasteiger partial charge in [0, 0.05) is 39.3 Å². The smallest absolute Gasteiger partial charge is 0.143 e. The van der Waals surface area contributed by atoms with Crippen molar-refractivity contribution >= 4 is 92.9 Å². The van der Waals surface area contributed by atoms with Crippen molar-refractivity contribution in [2.75, 3.05) is 4.90 Å². The topological polar surface area (TPSA) is 16.4 Å². The molecule has 1 aromatic heterocycles. The summed E-state index contributed by atoms with van der Waals surface area (Å²) in [5, 5.41) is 14.5. The van der Waals surface area contributed by atoms with Crippen LogP contribution in [0.15, 0.2) is 241 Å². The van der Waals surface area contributed by atoms with E-state index in [1.807, 2.05) is 0 Å². The number of hydrogen-bond acceptors (Lipinski definition) is 2. The SMILES string of the molecule is c1ccc(-c2c(-c3ccccc3)c3cc(-c4ccc(N(c5ccc6c(ccc7ccccc76)c5)c5ccc6c(c5)oc5c7ccccc7ccc65)cc4)ccc3c3ccccc23)cc1. The van der Waals surface area contributed by atoms with Gasteiger partial charge in [0.1, 0.15) is 11.2 Å². The average Bonchev–Trinajstić information content (AvgIpc) is 3.75. The number of rotatable bonds is 6. The van der Waals surface area contributed by atoms with Crippen LogP contribution in [0.1, 0.15) is 0 Å². The van der Waals surface area contributed by atoms with Crippen molar-refractivity contribution in [1.29, 1.82) is 0 Å². The highest BCUT2D eigenvalue weighted by Gasteiger charge is 2.20. The fourth-order valence-corrected chi connectivity index (χ4v) is 10.2. The Balaban J connectivity index is 0.979. The lowest BCUT2D eigenvalue weighted by molar-refractivity contribution is 0.672. The molecular weight excluding hydrogens is 775 g/mol. The Morgan fingerprint density at radius 3 is 1.48 bits per heavy atom. The molecule has 13 rings (SSSR count). The fourth-order valence-electron chi connectivity index (χ4n) is 10.2. The lowest BCUT2D eigenvalue weighted by Crippen LogP contribution is -2.09. The zero-order valence-electron chi connectivity index (χ0n) is 34.9. The molecule has 0 saturated carbocycles. The lowest BCUT2D eigenvalue weighted by Gasteiger charge is -2.26. The highest BCUT2D eigenvalue weighted by atomic mass is 16.3. The van der Waals surface area contributed by atoms with Crippen molar-refractivity contribution in [3.8, 4) is 33.4 Å². The maximum Gasteiger partial charge on any atom is 0.143 e. The van der Waals surface area contributed by atoms with E-state index in [0.29, 0.717) is 0 Å². The third kappa shape index (κ3) is 5.81. The third-order valence-electron chi connectivity index (χ3n) is 13.2. The minimum atomic E-state index is 0.866. The van der Waals surface area contributed by atoms with E-state index in [1.165, 1.54) is 76.3 Å². The number of hydrogen-bond donors (Lipinski definition) is 0. The molecule has 64 heavy (non-hydrogen) atoms. The quantitative estimate of drug-likeness (QED) is 0.156. The maximum absolute atomic E-state index is 6.74. The molecular formula is C62H39NO. The van der Waals surface area contributed by atoms with E-state index in [-0.39, 0.29) is 0 Å². The second-order valence-electron chi connectivity index (χ2n) is 16.8. The predicted molar refractivity (Wildman–Crippen MR) is 272 cm³/mol. The van der Waals surface area contributed by atoms with Crippen LogP contribution in [-0.4, -0.2) is 0 Å². The Labute approximate surface area is 370 Å². The van der Waals surface area contributed by atoms with Gasteiger partial charge in [-0.1, -0.05) is 182 Å². The monoisotopic (exact) mass is 813 g/mol. The summed E-state index contributed by atoms with van der Waals surface area (Å²) in [7, 11) is 0. The van der Waals surface area contributed by atoms with Gasteiger partial charge in [-0.2, -0.15) is 0 Å². The standard InChI is InChI=1S/C62H39NO/c1-3-15-43(16-4-1)60-56-22-12-11-21-53(56)54-33-28-45(38-58(54)61(60)44-17-5-2-6-18-44)40-25-29-47(30-26-40)63(48-31-35-51-46(37-48)24-23-41-13-7-9-19-50(41)51)49-32-36-55-57-34-27-42-14-8-10-20-52(42)62(57)64-59(55)39-49/h1-39H. The summed E-state index contributed by atoms with van der Waals surface area (Å²) in [5.41, 5.74) is 12.2. The van der Waals surface area contributed by atoms with Gasteiger partial charge in [0.15, 0.2) is 0 Å². The summed E-state index contributed by atoms with van der Waals surface area (Å²) < 4.78 is 6.74. The Hall–Kier alpha value is -8.46. The highest BCUT2D eigenvalue weighted by Crippen LogP contribution is 2.46. The normalized spacial score (nSPS) is 11.8. The fraction of sp³-hybridized carbons (Fsp3) is 0. The highest BCUT2D eigenvalue weighted by molar-refractivity contribution is 6.22. The molecule has 0 unspecified atom stereocenters. The first-order chi connectivity index (χ1) is 31.7. The Kier molecular flexibility index (Phi) is 8.25. The molecule has 0 aliphatic rings. The van der Waals surface area contributed by atoms with Crippen LogP contribution in [0.4, 0.5) is 17.1 Å². The van der Waals surface area contributed by atoms with Gasteiger partial charge in [0.25, 0.3) is 0 Å². The van der Waals surface area contributed by atoms with Crippen LogP contribution < -0.4 is 4.90 Å². The van der Waals surface area contributed by atoms with Crippen molar-refractivity contribution in [3.63, 3.8) is 0 Å². The summed E-state index contributed by atoms with van der Waals surface area (Å²) in [6, 6.07) is 86.0. The van der Waals surface area contributed by atoms with Crippen molar-refractivity contribution in [1.82, 2.24) is 0 Å². The van der Waals surface area contributed by atoms with Gasteiger partial charge in [0.05, 0.1) is 0 Å². The van der Waals surface area contributed by atoms with E-state index in [4.69, 9.17) is 4.42 Å². The molecule has 0 radical (unpaired) electrons. The zero-order valence-corrected chi connectivity index (χ0v) is 34.9. The van der Waals surface area contributed by atoms with Crippen LogP contribution in [0.2, 0.25) is 0 Å². The first-order valence-corrected chi connectivity index (χ1v) is 22.0. The molecule has 0 spiro atoms. The van der Waals surface area contributed by atoms with Gasteiger partial charge in [-0.05, 0) is 130 Å². The van der Waals surface area contributed by atoms with E-state index in [2.05, 4.69) is 241 Å². The number of anilines is 3. The van der Waals surface area contributed by atoms with Crippen molar-refractivity contribution in [2.24, 2.45) is 0 Å². The van der Waals surface area contributed by atoms with E-state index < -0.39 is 0 Å². The number of benzene rings is 12. The molecule has 0 amide bonds. The largest absolute Gasteiger partial charge is 0.455 e. The van der Waals surface area contributed by atoms with E-state index >= 15 is 0 Å². The Morgan fingerprint density at radius 2 is 0.734 bits per heavy atom.